The van der Waals surface area contributed by atoms with Gasteiger partial charge in [0.1, 0.15) is 5.75 Å². The Morgan fingerprint density at radius 2 is 1.84 bits per heavy atom. The van der Waals surface area contributed by atoms with Crippen LogP contribution < -0.4 is 0 Å². The minimum absolute atomic E-state index is 0.301. The van der Waals surface area contributed by atoms with Crippen LogP contribution in [-0.2, 0) is 4.74 Å². The van der Waals surface area contributed by atoms with Crippen molar-refractivity contribution in [2.45, 2.75) is 10.1 Å². The van der Waals surface area contributed by atoms with Crippen LogP contribution in [0, 0.1) is 0 Å². The van der Waals surface area contributed by atoms with E-state index in [9.17, 15) is 0 Å². The van der Waals surface area contributed by atoms with Crippen molar-refractivity contribution in [2.75, 3.05) is 24.7 Å². The fourth-order valence-corrected chi connectivity index (χ4v) is 2.84. The number of thioether (sulfide) groups is 2. The van der Waals surface area contributed by atoms with Gasteiger partial charge in [-0.1, -0.05) is 11.8 Å². The molecule has 4 nitrogen and oxygen atoms in total. The number of benzene rings is 1. The van der Waals surface area contributed by atoms with E-state index in [-0.39, 0.29) is 0 Å². The van der Waals surface area contributed by atoms with E-state index in [1.165, 1.54) is 0 Å². The summed E-state index contributed by atoms with van der Waals surface area (Å²) < 4.78 is 5.54. The lowest BCUT2D eigenvalue weighted by molar-refractivity contribution is 0.167. The largest absolute Gasteiger partial charge is 0.508 e. The molecule has 0 radical (unpaired) electrons. The van der Waals surface area contributed by atoms with Gasteiger partial charge in [0.15, 0.2) is 5.16 Å². The Kier molecular flexibility index (Phi) is 6.13. The van der Waals surface area contributed by atoms with Crippen LogP contribution >= 0.6 is 23.5 Å². The summed E-state index contributed by atoms with van der Waals surface area (Å²) in [6.45, 7) is 1.45. The summed E-state index contributed by atoms with van der Waals surface area (Å²) in [5, 5.41) is 10.1. The molecule has 0 aliphatic rings. The number of rotatable bonds is 8. The molecule has 6 heteroatoms. The van der Waals surface area contributed by atoms with Crippen molar-refractivity contribution >= 4 is 23.5 Å². The molecule has 0 bridgehead atoms. The summed E-state index contributed by atoms with van der Waals surface area (Å²) in [5.74, 6) is 2.11. The lowest BCUT2D eigenvalue weighted by atomic mass is 10.3. The normalized spacial score (nSPS) is 10.7. The molecule has 2 rings (SSSR count). The van der Waals surface area contributed by atoms with Crippen molar-refractivity contribution < 1.29 is 9.84 Å². The van der Waals surface area contributed by atoms with Crippen LogP contribution in [0.1, 0.15) is 0 Å². The van der Waals surface area contributed by atoms with Crippen LogP contribution in [-0.4, -0.2) is 39.8 Å². The number of aromatic amines is 1. The summed E-state index contributed by atoms with van der Waals surface area (Å²) in [7, 11) is 0. The lowest BCUT2D eigenvalue weighted by Gasteiger charge is -2.04. The van der Waals surface area contributed by atoms with Gasteiger partial charge in [0.05, 0.1) is 13.2 Å². The minimum atomic E-state index is 0.301. The molecule has 0 unspecified atom stereocenters. The van der Waals surface area contributed by atoms with Crippen LogP contribution in [0.3, 0.4) is 0 Å². The number of nitrogens with zero attached hydrogens (tertiary/aromatic N) is 1. The molecule has 102 valence electrons. The number of nitrogens with one attached hydrogen (secondary N) is 1. The van der Waals surface area contributed by atoms with E-state index >= 15 is 0 Å². The number of hydrogen-bond acceptors (Lipinski definition) is 5. The first-order valence-corrected chi connectivity index (χ1v) is 7.93. The zero-order chi connectivity index (χ0) is 13.3. The molecule has 0 aliphatic carbocycles. The highest BCUT2D eigenvalue weighted by Gasteiger charge is 1.97. The number of aromatic hydroxyl groups is 1. The van der Waals surface area contributed by atoms with Gasteiger partial charge < -0.3 is 14.8 Å². The average molecular weight is 296 g/mol. The Labute approximate surface area is 121 Å². The van der Waals surface area contributed by atoms with Crippen LogP contribution in [0.5, 0.6) is 5.75 Å². The summed E-state index contributed by atoms with van der Waals surface area (Å²) in [6.07, 6.45) is 3.56. The second-order valence-corrected chi connectivity index (χ2v) is 5.95. The first-order valence-electron chi connectivity index (χ1n) is 5.96. The SMILES string of the molecule is Oc1ccc(SCCOCCSc2ncc[nH]2)cc1. The van der Waals surface area contributed by atoms with Gasteiger partial charge in [0, 0.05) is 28.8 Å². The Bertz CT molecular complexity index is 460. The number of phenols is 1. The first kappa shape index (κ1) is 14.3. The fourth-order valence-electron chi connectivity index (χ4n) is 1.39. The lowest BCUT2D eigenvalue weighted by Crippen LogP contribution is -2.01. The molecule has 2 aromatic rings. The van der Waals surface area contributed by atoms with Crippen molar-refractivity contribution in [3.8, 4) is 5.75 Å². The van der Waals surface area contributed by atoms with E-state index in [0.29, 0.717) is 5.75 Å². The van der Waals surface area contributed by atoms with E-state index in [1.54, 1.807) is 41.9 Å². The van der Waals surface area contributed by atoms with Crippen molar-refractivity contribution in [1.82, 2.24) is 9.97 Å². The third kappa shape index (κ3) is 5.59. The quantitative estimate of drug-likeness (QED) is 0.579. The highest BCUT2D eigenvalue weighted by atomic mass is 32.2. The van der Waals surface area contributed by atoms with Gasteiger partial charge in [0.2, 0.25) is 0 Å². The van der Waals surface area contributed by atoms with Gasteiger partial charge in [0.25, 0.3) is 0 Å². The summed E-state index contributed by atoms with van der Waals surface area (Å²) in [5.41, 5.74) is 0. The van der Waals surface area contributed by atoms with E-state index in [1.807, 2.05) is 18.3 Å². The van der Waals surface area contributed by atoms with E-state index < -0.39 is 0 Å². The third-order valence-electron chi connectivity index (χ3n) is 2.27. The van der Waals surface area contributed by atoms with Gasteiger partial charge in [-0.25, -0.2) is 4.98 Å². The Hall–Kier alpha value is -1.11. The maximum absolute atomic E-state index is 9.16. The minimum Gasteiger partial charge on any atom is -0.508 e. The molecule has 2 N–H and O–H groups in total. The van der Waals surface area contributed by atoms with E-state index in [4.69, 9.17) is 9.84 Å². The molecular weight excluding hydrogens is 280 g/mol. The van der Waals surface area contributed by atoms with E-state index in [2.05, 4.69) is 9.97 Å². The van der Waals surface area contributed by atoms with Crippen molar-refractivity contribution in [3.63, 3.8) is 0 Å². The second-order valence-electron chi connectivity index (χ2n) is 3.70. The molecule has 0 fully saturated rings. The molecule has 0 atom stereocenters. The molecule has 19 heavy (non-hydrogen) atoms. The van der Waals surface area contributed by atoms with Crippen LogP contribution in [0.15, 0.2) is 46.7 Å². The highest BCUT2D eigenvalue weighted by molar-refractivity contribution is 7.99. The molecule has 1 aromatic heterocycles. The third-order valence-corrected chi connectivity index (χ3v) is 4.12. The molecular formula is C13H16N2O2S2. The summed E-state index contributed by atoms with van der Waals surface area (Å²) in [6, 6.07) is 7.21. The highest BCUT2D eigenvalue weighted by Crippen LogP contribution is 2.20. The Morgan fingerprint density at radius 1 is 1.11 bits per heavy atom. The smallest absolute Gasteiger partial charge is 0.165 e. The van der Waals surface area contributed by atoms with Gasteiger partial charge in [-0.05, 0) is 24.3 Å². The Balaban J connectivity index is 1.49. The second kappa shape index (κ2) is 8.14. The van der Waals surface area contributed by atoms with Gasteiger partial charge >= 0.3 is 0 Å². The van der Waals surface area contributed by atoms with Crippen molar-refractivity contribution in [3.05, 3.63) is 36.7 Å². The summed E-state index contributed by atoms with van der Waals surface area (Å²) >= 11 is 3.38. The number of H-pyrrole nitrogens is 1. The van der Waals surface area contributed by atoms with Gasteiger partial charge in [-0.3, -0.25) is 0 Å². The molecule has 0 spiro atoms. The Morgan fingerprint density at radius 3 is 2.53 bits per heavy atom. The monoisotopic (exact) mass is 296 g/mol. The molecule has 0 amide bonds. The van der Waals surface area contributed by atoms with Gasteiger partial charge in [-0.15, -0.1) is 11.8 Å². The topological polar surface area (TPSA) is 58.1 Å². The predicted molar refractivity (Wildman–Crippen MR) is 79.0 cm³/mol. The maximum atomic E-state index is 9.16. The summed E-state index contributed by atoms with van der Waals surface area (Å²) in [4.78, 5) is 8.31. The van der Waals surface area contributed by atoms with E-state index in [0.717, 1.165) is 34.8 Å². The van der Waals surface area contributed by atoms with Crippen LogP contribution in [0.4, 0.5) is 0 Å². The predicted octanol–water partition coefficient (Wildman–Crippen LogP) is 3.02. The maximum Gasteiger partial charge on any atom is 0.165 e. The zero-order valence-corrected chi connectivity index (χ0v) is 12.0. The molecule has 0 saturated carbocycles. The number of ether oxygens (including phenoxy) is 1. The van der Waals surface area contributed by atoms with Crippen molar-refractivity contribution in [2.24, 2.45) is 0 Å². The molecule has 1 heterocycles. The average Bonchev–Trinajstić information content (AvgIpc) is 2.93. The first-order chi connectivity index (χ1) is 9.34. The molecule has 1 aromatic carbocycles. The van der Waals surface area contributed by atoms with Gasteiger partial charge in [-0.2, -0.15) is 0 Å². The fraction of sp³-hybridized carbons (Fsp3) is 0.308. The number of aromatic nitrogens is 2. The number of hydrogen-bond donors (Lipinski definition) is 2. The van der Waals surface area contributed by atoms with Crippen LogP contribution in [0.25, 0.3) is 0 Å². The number of phenolic OH excluding ortho intramolecular Hbond substituents is 1. The standard InChI is InChI=1S/C13H16N2O2S2/c16-11-1-3-12(4-2-11)18-9-7-17-8-10-19-13-14-5-6-15-13/h1-6,16H,7-10H2,(H,14,15). The molecule has 0 saturated heterocycles. The van der Waals surface area contributed by atoms with Crippen molar-refractivity contribution in [1.29, 1.82) is 0 Å². The van der Waals surface area contributed by atoms with Crippen LogP contribution in [0.2, 0.25) is 0 Å². The molecule has 0 aliphatic heterocycles. The number of imidazole rings is 1. The zero-order valence-electron chi connectivity index (χ0n) is 10.4.